The van der Waals surface area contributed by atoms with Gasteiger partial charge in [-0.1, -0.05) is 19.9 Å². The first kappa shape index (κ1) is 16.3. The fourth-order valence-electron chi connectivity index (χ4n) is 4.02. The number of piperidine rings is 1. The van der Waals surface area contributed by atoms with Crippen molar-refractivity contribution in [2.45, 2.75) is 39.2 Å². The summed E-state index contributed by atoms with van der Waals surface area (Å²) in [5, 5.41) is 3.35. The maximum Gasteiger partial charge on any atom is 0.226 e. The molecule has 2 aliphatic heterocycles. The molecule has 1 fully saturated rings. The molecular formula is C19H28N2O2. The Balaban J connectivity index is 1.90. The van der Waals surface area contributed by atoms with Crippen molar-refractivity contribution in [3.8, 4) is 5.75 Å². The maximum absolute atomic E-state index is 13.1. The predicted octanol–water partition coefficient (Wildman–Crippen LogP) is 2.78. The molecule has 1 aromatic rings. The Kier molecular flexibility index (Phi) is 4.90. The molecule has 2 aliphatic rings. The summed E-state index contributed by atoms with van der Waals surface area (Å²) in [4.78, 5) is 15.2. The fourth-order valence-corrected chi connectivity index (χ4v) is 4.02. The van der Waals surface area contributed by atoms with E-state index in [0.29, 0.717) is 11.8 Å². The normalized spacial score (nSPS) is 22.1. The molecule has 4 heteroatoms. The lowest BCUT2D eigenvalue weighted by Crippen LogP contribution is -2.47. The maximum atomic E-state index is 13.1. The molecule has 0 radical (unpaired) electrons. The third-order valence-corrected chi connectivity index (χ3v) is 5.23. The summed E-state index contributed by atoms with van der Waals surface area (Å²) in [5.74, 6) is 1.81. The van der Waals surface area contributed by atoms with E-state index in [0.717, 1.165) is 44.6 Å². The van der Waals surface area contributed by atoms with Gasteiger partial charge >= 0.3 is 0 Å². The zero-order valence-electron chi connectivity index (χ0n) is 14.5. The number of hydrogen-bond donors (Lipinski definition) is 1. The van der Waals surface area contributed by atoms with Gasteiger partial charge in [-0.05, 0) is 61.5 Å². The smallest absolute Gasteiger partial charge is 0.226 e. The summed E-state index contributed by atoms with van der Waals surface area (Å²) in [5.41, 5.74) is 2.63. The quantitative estimate of drug-likeness (QED) is 0.932. The zero-order chi connectivity index (χ0) is 16.4. The van der Waals surface area contributed by atoms with E-state index in [2.05, 4.69) is 36.2 Å². The summed E-state index contributed by atoms with van der Waals surface area (Å²) >= 11 is 0. The van der Waals surface area contributed by atoms with Gasteiger partial charge in [-0.3, -0.25) is 4.79 Å². The van der Waals surface area contributed by atoms with E-state index in [4.69, 9.17) is 4.74 Å². The average molecular weight is 316 g/mol. The Hall–Kier alpha value is -1.55. The molecular weight excluding hydrogens is 288 g/mol. The van der Waals surface area contributed by atoms with E-state index in [1.807, 2.05) is 6.07 Å². The van der Waals surface area contributed by atoms with Gasteiger partial charge < -0.3 is 15.0 Å². The molecule has 4 nitrogen and oxygen atoms in total. The van der Waals surface area contributed by atoms with Crippen molar-refractivity contribution in [1.29, 1.82) is 0 Å². The van der Waals surface area contributed by atoms with Crippen molar-refractivity contribution < 1.29 is 9.53 Å². The second kappa shape index (κ2) is 6.91. The predicted molar refractivity (Wildman–Crippen MR) is 91.6 cm³/mol. The lowest BCUT2D eigenvalue weighted by molar-refractivity contribution is -0.140. The van der Waals surface area contributed by atoms with Crippen LogP contribution in [0.2, 0.25) is 0 Å². The highest BCUT2D eigenvalue weighted by Crippen LogP contribution is 2.38. The number of nitrogens with one attached hydrogen (secondary N) is 1. The van der Waals surface area contributed by atoms with E-state index in [-0.39, 0.29) is 12.0 Å². The monoisotopic (exact) mass is 316 g/mol. The van der Waals surface area contributed by atoms with Crippen molar-refractivity contribution in [1.82, 2.24) is 10.2 Å². The van der Waals surface area contributed by atoms with Crippen molar-refractivity contribution in [3.05, 3.63) is 29.3 Å². The Labute approximate surface area is 139 Å². The highest BCUT2D eigenvalue weighted by molar-refractivity contribution is 5.80. The Morgan fingerprint density at radius 1 is 1.30 bits per heavy atom. The molecule has 1 N–H and O–H groups in total. The van der Waals surface area contributed by atoms with Gasteiger partial charge in [-0.2, -0.15) is 0 Å². The molecule has 0 bridgehead atoms. The summed E-state index contributed by atoms with van der Waals surface area (Å²) in [6.07, 6.45) is 2.87. The molecule has 1 unspecified atom stereocenters. The minimum atomic E-state index is 0.163. The van der Waals surface area contributed by atoms with E-state index < -0.39 is 0 Å². The van der Waals surface area contributed by atoms with Crippen molar-refractivity contribution in [2.75, 3.05) is 26.7 Å². The molecule has 3 rings (SSSR count). The van der Waals surface area contributed by atoms with E-state index in [1.54, 1.807) is 7.11 Å². The van der Waals surface area contributed by atoms with E-state index in [1.165, 1.54) is 11.1 Å². The fraction of sp³-hybridized carbons (Fsp3) is 0.632. The largest absolute Gasteiger partial charge is 0.497 e. The van der Waals surface area contributed by atoms with Crippen molar-refractivity contribution in [3.63, 3.8) is 0 Å². The van der Waals surface area contributed by atoms with Crippen LogP contribution in [0.1, 0.15) is 43.9 Å². The number of hydrogen-bond acceptors (Lipinski definition) is 3. The van der Waals surface area contributed by atoms with Crippen LogP contribution in [-0.4, -0.2) is 37.6 Å². The van der Waals surface area contributed by atoms with Crippen LogP contribution in [-0.2, 0) is 11.2 Å². The van der Waals surface area contributed by atoms with Crippen molar-refractivity contribution in [2.24, 2.45) is 11.8 Å². The van der Waals surface area contributed by atoms with Crippen LogP contribution in [0, 0.1) is 11.8 Å². The minimum absolute atomic E-state index is 0.163. The van der Waals surface area contributed by atoms with Gasteiger partial charge in [-0.25, -0.2) is 0 Å². The summed E-state index contributed by atoms with van der Waals surface area (Å²) in [7, 11) is 1.70. The lowest BCUT2D eigenvalue weighted by Gasteiger charge is -2.42. The number of amides is 1. The van der Waals surface area contributed by atoms with Crippen LogP contribution in [0.15, 0.2) is 18.2 Å². The highest BCUT2D eigenvalue weighted by atomic mass is 16.5. The van der Waals surface area contributed by atoms with Crippen LogP contribution in [0.3, 0.4) is 0 Å². The van der Waals surface area contributed by atoms with Crippen LogP contribution in [0.25, 0.3) is 0 Å². The van der Waals surface area contributed by atoms with Gasteiger partial charge in [-0.15, -0.1) is 0 Å². The molecule has 0 aromatic heterocycles. The standard InChI is InChI=1S/C19H28N2O2/c1-13(2)18-17-12-16(23-3)5-4-14(17)8-11-21(18)19(22)15-6-9-20-10-7-15/h4-5,12-13,15,18,20H,6-11H2,1-3H3. The van der Waals surface area contributed by atoms with Gasteiger partial charge in [0.15, 0.2) is 0 Å². The van der Waals surface area contributed by atoms with Gasteiger partial charge in [0.25, 0.3) is 0 Å². The van der Waals surface area contributed by atoms with Crippen LogP contribution < -0.4 is 10.1 Å². The number of nitrogens with zero attached hydrogens (tertiary/aromatic N) is 1. The van der Waals surface area contributed by atoms with Crippen LogP contribution in [0.5, 0.6) is 5.75 Å². The lowest BCUT2D eigenvalue weighted by atomic mass is 9.84. The Bertz CT molecular complexity index is 564. The van der Waals surface area contributed by atoms with E-state index >= 15 is 0 Å². The average Bonchev–Trinajstić information content (AvgIpc) is 2.60. The highest BCUT2D eigenvalue weighted by Gasteiger charge is 2.36. The number of methoxy groups -OCH3 is 1. The summed E-state index contributed by atoms with van der Waals surface area (Å²) < 4.78 is 5.41. The minimum Gasteiger partial charge on any atom is -0.497 e. The summed E-state index contributed by atoms with van der Waals surface area (Å²) in [6.45, 7) is 7.18. The molecule has 0 spiro atoms. The van der Waals surface area contributed by atoms with Crippen LogP contribution >= 0.6 is 0 Å². The van der Waals surface area contributed by atoms with Gasteiger partial charge in [0.1, 0.15) is 5.75 Å². The molecule has 1 saturated heterocycles. The molecule has 2 heterocycles. The first-order valence-corrected chi connectivity index (χ1v) is 8.80. The SMILES string of the molecule is COc1ccc2c(c1)C(C(C)C)N(C(=O)C1CCNCC1)CC2. The first-order chi connectivity index (χ1) is 11.1. The number of carbonyl (C=O) groups is 1. The topological polar surface area (TPSA) is 41.6 Å². The first-order valence-electron chi connectivity index (χ1n) is 8.80. The van der Waals surface area contributed by atoms with Crippen LogP contribution in [0.4, 0.5) is 0 Å². The van der Waals surface area contributed by atoms with Gasteiger partial charge in [0, 0.05) is 12.5 Å². The van der Waals surface area contributed by atoms with E-state index in [9.17, 15) is 4.79 Å². The Morgan fingerprint density at radius 3 is 2.70 bits per heavy atom. The third kappa shape index (κ3) is 3.23. The summed E-state index contributed by atoms with van der Waals surface area (Å²) in [6, 6.07) is 6.48. The number of fused-ring (bicyclic) bond motifs is 1. The Morgan fingerprint density at radius 2 is 2.04 bits per heavy atom. The molecule has 1 atom stereocenters. The molecule has 1 amide bonds. The molecule has 0 aliphatic carbocycles. The van der Waals surface area contributed by atoms with Gasteiger partial charge in [0.2, 0.25) is 5.91 Å². The second-order valence-electron chi connectivity index (χ2n) is 7.06. The van der Waals surface area contributed by atoms with Gasteiger partial charge in [0.05, 0.1) is 13.2 Å². The number of ether oxygens (including phenoxy) is 1. The molecule has 0 saturated carbocycles. The zero-order valence-corrected chi connectivity index (χ0v) is 14.5. The molecule has 126 valence electrons. The third-order valence-electron chi connectivity index (χ3n) is 5.23. The molecule has 1 aromatic carbocycles. The number of carbonyl (C=O) groups excluding carboxylic acids is 1. The number of rotatable bonds is 3. The number of benzene rings is 1. The second-order valence-corrected chi connectivity index (χ2v) is 7.06. The van der Waals surface area contributed by atoms with Crippen molar-refractivity contribution >= 4 is 5.91 Å². The molecule has 23 heavy (non-hydrogen) atoms.